The summed E-state index contributed by atoms with van der Waals surface area (Å²) in [6.45, 7) is 4.09. The van der Waals surface area contributed by atoms with Crippen LogP contribution in [-0.4, -0.2) is 37.7 Å². The monoisotopic (exact) mass is 516 g/mol. The van der Waals surface area contributed by atoms with Gasteiger partial charge in [0.05, 0.1) is 13.3 Å². The molecule has 9 heteroatoms. The van der Waals surface area contributed by atoms with Gasteiger partial charge < -0.3 is 20.1 Å². The number of benzene rings is 3. The highest BCUT2D eigenvalue weighted by atomic mass is 16.5. The Morgan fingerprint density at radius 3 is 2.21 bits per heavy atom. The molecule has 9 nitrogen and oxygen atoms in total. The summed E-state index contributed by atoms with van der Waals surface area (Å²) < 4.78 is 11.1. The molecule has 3 rings (SSSR count). The summed E-state index contributed by atoms with van der Waals surface area (Å²) in [6.07, 6.45) is 2.75. The molecule has 3 N–H and O–H groups in total. The molecule has 0 saturated carbocycles. The highest BCUT2D eigenvalue weighted by Crippen LogP contribution is 2.30. The van der Waals surface area contributed by atoms with Crippen LogP contribution in [0.15, 0.2) is 71.8 Å². The van der Waals surface area contributed by atoms with E-state index >= 15 is 0 Å². The summed E-state index contributed by atoms with van der Waals surface area (Å²) in [5.41, 5.74) is 6.19. The van der Waals surface area contributed by atoms with Crippen molar-refractivity contribution in [3.05, 3.63) is 89.0 Å². The molecule has 0 unspecified atom stereocenters. The molecule has 0 fully saturated rings. The molecular weight excluding hydrogens is 484 g/mol. The highest BCUT2D eigenvalue weighted by molar-refractivity contribution is 6.39. The Morgan fingerprint density at radius 1 is 0.868 bits per heavy atom. The maximum atomic E-state index is 12.5. The third-order valence-electron chi connectivity index (χ3n) is 5.72. The minimum Gasteiger partial charge on any atom is -0.493 e. The fourth-order valence-electron chi connectivity index (χ4n) is 3.72. The van der Waals surface area contributed by atoms with Gasteiger partial charge in [0.1, 0.15) is 0 Å². The quantitative estimate of drug-likeness (QED) is 0.204. The first-order valence-electron chi connectivity index (χ1n) is 12.3. The van der Waals surface area contributed by atoms with E-state index in [9.17, 15) is 14.4 Å². The maximum Gasteiger partial charge on any atom is 0.329 e. The molecule has 3 amide bonds. The lowest BCUT2D eigenvalue weighted by Gasteiger charge is -2.14. The van der Waals surface area contributed by atoms with Gasteiger partial charge in [-0.3, -0.25) is 14.4 Å². The van der Waals surface area contributed by atoms with Crippen molar-refractivity contribution in [2.75, 3.05) is 19.0 Å². The van der Waals surface area contributed by atoms with Gasteiger partial charge in [-0.05, 0) is 41.7 Å². The number of aryl methyl sites for hydroxylation is 2. The first kappa shape index (κ1) is 27.9. The summed E-state index contributed by atoms with van der Waals surface area (Å²) in [5, 5.41) is 9.40. The first-order chi connectivity index (χ1) is 18.5. The van der Waals surface area contributed by atoms with Crippen LogP contribution in [0.1, 0.15) is 36.1 Å². The maximum absolute atomic E-state index is 12.5. The van der Waals surface area contributed by atoms with Gasteiger partial charge in [0.2, 0.25) is 0 Å². The molecule has 198 valence electrons. The fraction of sp³-hybridized carbons (Fsp3) is 0.241. The Kier molecular flexibility index (Phi) is 10.4. The summed E-state index contributed by atoms with van der Waals surface area (Å²) in [7, 11) is 1.48. The van der Waals surface area contributed by atoms with E-state index in [1.807, 2.05) is 62.4 Å². The SMILES string of the molecule is CCc1cccc(CC)c1NC(=O)C(=O)N/N=C\c1cccc(OC)c1OCC(=O)NCc1ccccc1. The van der Waals surface area contributed by atoms with Crippen LogP contribution in [0.5, 0.6) is 11.5 Å². The Balaban J connectivity index is 1.62. The second-order valence-corrected chi connectivity index (χ2v) is 8.24. The van der Waals surface area contributed by atoms with E-state index < -0.39 is 11.8 Å². The number of rotatable bonds is 11. The van der Waals surface area contributed by atoms with Gasteiger partial charge in [-0.1, -0.05) is 68.4 Å². The summed E-state index contributed by atoms with van der Waals surface area (Å²) >= 11 is 0. The third kappa shape index (κ3) is 7.67. The molecule has 3 aromatic carbocycles. The minimum atomic E-state index is -0.917. The second-order valence-electron chi connectivity index (χ2n) is 8.24. The molecule has 0 aliphatic carbocycles. The zero-order valence-electron chi connectivity index (χ0n) is 21.7. The fourth-order valence-corrected chi connectivity index (χ4v) is 3.72. The van der Waals surface area contributed by atoms with E-state index in [0.717, 1.165) is 16.7 Å². The third-order valence-corrected chi connectivity index (χ3v) is 5.72. The number of ether oxygens (including phenoxy) is 2. The van der Waals surface area contributed by atoms with Crippen molar-refractivity contribution < 1.29 is 23.9 Å². The molecule has 0 heterocycles. The van der Waals surface area contributed by atoms with Gasteiger partial charge in [0.15, 0.2) is 18.1 Å². The Morgan fingerprint density at radius 2 is 1.55 bits per heavy atom. The number of para-hydroxylation sites is 2. The molecule has 0 aliphatic rings. The van der Waals surface area contributed by atoms with Crippen molar-refractivity contribution >= 4 is 29.6 Å². The number of carbonyl (C=O) groups is 3. The predicted octanol–water partition coefficient (Wildman–Crippen LogP) is 3.60. The van der Waals surface area contributed by atoms with Gasteiger partial charge in [-0.2, -0.15) is 5.10 Å². The highest BCUT2D eigenvalue weighted by Gasteiger charge is 2.17. The van der Waals surface area contributed by atoms with E-state index in [1.54, 1.807) is 18.2 Å². The molecule has 0 atom stereocenters. The topological polar surface area (TPSA) is 118 Å². The van der Waals surface area contributed by atoms with Crippen LogP contribution >= 0.6 is 0 Å². The van der Waals surface area contributed by atoms with Crippen LogP contribution in [0.4, 0.5) is 5.69 Å². The number of hydrogen-bond acceptors (Lipinski definition) is 6. The Bertz CT molecular complexity index is 1270. The summed E-state index contributed by atoms with van der Waals surface area (Å²) in [6, 6.07) is 20.4. The largest absolute Gasteiger partial charge is 0.493 e. The zero-order valence-corrected chi connectivity index (χ0v) is 21.7. The molecule has 0 saturated heterocycles. The number of methoxy groups -OCH3 is 1. The van der Waals surface area contributed by atoms with Crippen molar-refractivity contribution in [2.45, 2.75) is 33.2 Å². The second kappa shape index (κ2) is 14.2. The van der Waals surface area contributed by atoms with E-state index in [4.69, 9.17) is 9.47 Å². The number of carbonyl (C=O) groups excluding carboxylic acids is 3. The van der Waals surface area contributed by atoms with Crippen LogP contribution < -0.4 is 25.5 Å². The Hall–Kier alpha value is -4.66. The number of hydrogen-bond donors (Lipinski definition) is 3. The smallest absolute Gasteiger partial charge is 0.329 e. The van der Waals surface area contributed by atoms with E-state index in [2.05, 4.69) is 21.2 Å². The minimum absolute atomic E-state index is 0.251. The van der Waals surface area contributed by atoms with Gasteiger partial charge in [-0.25, -0.2) is 5.43 Å². The van der Waals surface area contributed by atoms with Gasteiger partial charge >= 0.3 is 11.8 Å². The lowest BCUT2D eigenvalue weighted by Crippen LogP contribution is -2.33. The lowest BCUT2D eigenvalue weighted by atomic mass is 10.0. The normalized spacial score (nSPS) is 10.6. The lowest BCUT2D eigenvalue weighted by molar-refractivity contribution is -0.136. The zero-order chi connectivity index (χ0) is 27.3. The van der Waals surface area contributed by atoms with Crippen molar-refractivity contribution in [1.29, 1.82) is 0 Å². The van der Waals surface area contributed by atoms with E-state index in [1.165, 1.54) is 13.3 Å². The number of nitrogens with zero attached hydrogens (tertiary/aromatic N) is 1. The van der Waals surface area contributed by atoms with Crippen molar-refractivity contribution in [1.82, 2.24) is 10.7 Å². The molecular formula is C29H32N4O5. The predicted molar refractivity (Wildman–Crippen MR) is 146 cm³/mol. The molecule has 38 heavy (non-hydrogen) atoms. The van der Waals surface area contributed by atoms with Crippen molar-refractivity contribution in [3.8, 4) is 11.5 Å². The first-order valence-corrected chi connectivity index (χ1v) is 12.3. The van der Waals surface area contributed by atoms with Crippen LogP contribution in [-0.2, 0) is 33.8 Å². The van der Waals surface area contributed by atoms with Gasteiger partial charge in [0, 0.05) is 17.8 Å². The average Bonchev–Trinajstić information content (AvgIpc) is 2.95. The molecule has 0 bridgehead atoms. The standard InChI is InChI=1S/C29H32N4O5/c1-4-21-13-9-14-22(5-2)26(21)32-28(35)29(36)33-31-18-23-15-10-16-24(37-3)27(23)38-19-25(34)30-17-20-11-7-6-8-12-20/h6-16,18H,4-5,17,19H2,1-3H3,(H,30,34)(H,32,35)(H,33,36)/b31-18-. The van der Waals surface area contributed by atoms with E-state index in [-0.39, 0.29) is 18.3 Å². The van der Waals surface area contributed by atoms with Gasteiger partial charge in [0.25, 0.3) is 5.91 Å². The molecule has 0 spiro atoms. The van der Waals surface area contributed by atoms with Crippen LogP contribution in [0.2, 0.25) is 0 Å². The van der Waals surface area contributed by atoms with Crippen LogP contribution in [0.3, 0.4) is 0 Å². The number of amides is 3. The molecule has 0 aromatic heterocycles. The summed E-state index contributed by atoms with van der Waals surface area (Å²) in [5.74, 6) is -1.39. The van der Waals surface area contributed by atoms with Crippen molar-refractivity contribution in [3.63, 3.8) is 0 Å². The molecule has 0 radical (unpaired) electrons. The Labute approximate surface area is 222 Å². The molecule has 3 aromatic rings. The number of nitrogens with one attached hydrogen (secondary N) is 3. The number of hydrazone groups is 1. The van der Waals surface area contributed by atoms with Gasteiger partial charge in [-0.15, -0.1) is 0 Å². The van der Waals surface area contributed by atoms with Crippen LogP contribution in [0.25, 0.3) is 0 Å². The average molecular weight is 517 g/mol. The molecule has 0 aliphatic heterocycles. The van der Waals surface area contributed by atoms with Crippen LogP contribution in [0, 0.1) is 0 Å². The summed E-state index contributed by atoms with van der Waals surface area (Å²) in [4.78, 5) is 37.2. The van der Waals surface area contributed by atoms with Crippen molar-refractivity contribution in [2.24, 2.45) is 5.10 Å². The number of anilines is 1. The van der Waals surface area contributed by atoms with E-state index in [0.29, 0.717) is 36.4 Å².